The summed E-state index contributed by atoms with van der Waals surface area (Å²) in [4.78, 5) is 14.2. The van der Waals surface area contributed by atoms with E-state index in [-0.39, 0.29) is 17.8 Å². The Morgan fingerprint density at radius 3 is 2.29 bits per heavy atom. The number of likely N-dealkylation sites (tertiary alicyclic amines) is 1. The first-order chi connectivity index (χ1) is 7.54. The fourth-order valence-corrected chi connectivity index (χ4v) is 2.76. The van der Waals surface area contributed by atoms with Crippen LogP contribution in [0.2, 0.25) is 0 Å². The summed E-state index contributed by atoms with van der Waals surface area (Å²) in [6, 6.07) is 0. The van der Waals surface area contributed by atoms with Gasteiger partial charge in [0, 0.05) is 19.0 Å². The molecule has 0 bridgehead atoms. The quantitative estimate of drug-likeness (QED) is 0.841. The third kappa shape index (κ3) is 3.35. The first kappa shape index (κ1) is 14.8. The minimum Gasteiger partial charge on any atom is -0.342 e. The molecule has 1 saturated carbocycles. The van der Waals surface area contributed by atoms with Crippen molar-refractivity contribution < 1.29 is 4.79 Å². The lowest BCUT2D eigenvalue weighted by Gasteiger charge is -2.32. The van der Waals surface area contributed by atoms with Crippen molar-refractivity contribution in [3.8, 4) is 0 Å². The molecule has 1 aliphatic carbocycles. The Kier molecular flexibility index (Phi) is 4.85. The molecule has 0 aromatic heterocycles. The maximum absolute atomic E-state index is 12.2. The molecule has 0 spiro atoms. The van der Waals surface area contributed by atoms with E-state index in [4.69, 9.17) is 0 Å². The van der Waals surface area contributed by atoms with E-state index in [2.05, 4.69) is 24.1 Å². The van der Waals surface area contributed by atoms with Crippen molar-refractivity contribution in [2.45, 2.75) is 33.1 Å². The van der Waals surface area contributed by atoms with Gasteiger partial charge in [-0.2, -0.15) is 0 Å². The molecule has 1 heterocycles. The first-order valence-corrected chi connectivity index (χ1v) is 6.48. The van der Waals surface area contributed by atoms with Gasteiger partial charge in [-0.05, 0) is 44.2 Å². The first-order valence-electron chi connectivity index (χ1n) is 6.48. The largest absolute Gasteiger partial charge is 0.342 e. The average Bonchev–Trinajstić information content (AvgIpc) is 2.88. The molecule has 17 heavy (non-hydrogen) atoms. The normalized spacial score (nSPS) is 27.5. The van der Waals surface area contributed by atoms with Crippen LogP contribution in [0.25, 0.3) is 0 Å². The van der Waals surface area contributed by atoms with E-state index < -0.39 is 0 Å². The van der Waals surface area contributed by atoms with Crippen LogP contribution in [0.3, 0.4) is 0 Å². The number of amides is 1. The van der Waals surface area contributed by atoms with Gasteiger partial charge in [0.05, 0.1) is 0 Å². The van der Waals surface area contributed by atoms with Crippen molar-refractivity contribution in [3.05, 3.63) is 0 Å². The summed E-state index contributed by atoms with van der Waals surface area (Å²) in [6.07, 6.45) is 3.42. The zero-order chi connectivity index (χ0) is 11.8. The van der Waals surface area contributed by atoms with Gasteiger partial charge < -0.3 is 10.2 Å². The molecule has 2 fully saturated rings. The third-order valence-corrected chi connectivity index (χ3v) is 4.23. The zero-order valence-electron chi connectivity index (χ0n) is 11.2. The van der Waals surface area contributed by atoms with Crippen molar-refractivity contribution in [2.75, 3.05) is 26.7 Å². The van der Waals surface area contributed by atoms with Gasteiger partial charge in [0.15, 0.2) is 0 Å². The summed E-state index contributed by atoms with van der Waals surface area (Å²) < 4.78 is 0. The number of nitrogens with zero attached hydrogens (tertiary/aromatic N) is 1. The summed E-state index contributed by atoms with van der Waals surface area (Å²) >= 11 is 0. The van der Waals surface area contributed by atoms with Crippen molar-refractivity contribution in [3.63, 3.8) is 0 Å². The van der Waals surface area contributed by atoms with E-state index >= 15 is 0 Å². The van der Waals surface area contributed by atoms with Gasteiger partial charge in [-0.15, -0.1) is 12.4 Å². The van der Waals surface area contributed by atoms with Crippen molar-refractivity contribution in [1.82, 2.24) is 10.2 Å². The fraction of sp³-hybridized carbons (Fsp3) is 0.923. The molecule has 0 aromatic rings. The predicted octanol–water partition coefficient (Wildman–Crippen LogP) is 1.91. The van der Waals surface area contributed by atoms with Gasteiger partial charge in [0.25, 0.3) is 0 Å². The molecule has 3 nitrogen and oxygen atoms in total. The Bertz CT molecular complexity index is 273. The Balaban J connectivity index is 0.00000144. The Hall–Kier alpha value is -0.280. The van der Waals surface area contributed by atoms with E-state index in [1.54, 1.807) is 0 Å². The number of carbonyl (C=O) groups is 1. The Morgan fingerprint density at radius 1 is 1.35 bits per heavy atom. The van der Waals surface area contributed by atoms with Crippen molar-refractivity contribution >= 4 is 18.3 Å². The number of piperidine rings is 1. The van der Waals surface area contributed by atoms with Crippen LogP contribution >= 0.6 is 12.4 Å². The minimum absolute atomic E-state index is 0. The minimum atomic E-state index is 0. The monoisotopic (exact) mass is 260 g/mol. The molecular formula is C13H25ClN2O. The van der Waals surface area contributed by atoms with E-state index in [1.165, 1.54) is 12.8 Å². The lowest BCUT2D eigenvalue weighted by atomic mass is 9.96. The molecule has 100 valence electrons. The van der Waals surface area contributed by atoms with Gasteiger partial charge in [-0.25, -0.2) is 0 Å². The molecule has 2 aliphatic rings. The fourth-order valence-electron chi connectivity index (χ4n) is 2.76. The van der Waals surface area contributed by atoms with Gasteiger partial charge in [0.1, 0.15) is 0 Å². The van der Waals surface area contributed by atoms with Crippen LogP contribution in [-0.2, 0) is 4.79 Å². The highest BCUT2D eigenvalue weighted by atomic mass is 35.5. The molecule has 1 aliphatic heterocycles. The maximum atomic E-state index is 12.2. The van der Waals surface area contributed by atoms with E-state index in [1.807, 2.05) is 7.05 Å². The van der Waals surface area contributed by atoms with E-state index in [0.717, 1.165) is 32.0 Å². The molecule has 1 saturated heterocycles. The zero-order valence-corrected chi connectivity index (χ0v) is 12.0. The molecule has 1 unspecified atom stereocenters. The SMILES string of the molecule is CNCC1CCN(C(=O)C2CC2(C)C)CC1.Cl. The summed E-state index contributed by atoms with van der Waals surface area (Å²) in [7, 11) is 2.00. The van der Waals surface area contributed by atoms with Crippen LogP contribution in [0.5, 0.6) is 0 Å². The van der Waals surface area contributed by atoms with Crippen LogP contribution in [0.1, 0.15) is 33.1 Å². The van der Waals surface area contributed by atoms with Crippen LogP contribution in [0, 0.1) is 17.3 Å². The maximum Gasteiger partial charge on any atom is 0.226 e. The summed E-state index contributed by atoms with van der Waals surface area (Å²) in [5, 5.41) is 3.23. The number of carbonyl (C=O) groups excluding carboxylic acids is 1. The second-order valence-corrected chi connectivity index (χ2v) is 6.07. The Labute approximate surface area is 111 Å². The Morgan fingerprint density at radius 2 is 1.88 bits per heavy atom. The summed E-state index contributed by atoms with van der Waals surface area (Å²) in [5.41, 5.74) is 0.277. The number of nitrogens with one attached hydrogen (secondary N) is 1. The van der Waals surface area contributed by atoms with Gasteiger partial charge in [0.2, 0.25) is 5.91 Å². The van der Waals surface area contributed by atoms with Crippen molar-refractivity contribution in [2.24, 2.45) is 17.3 Å². The topological polar surface area (TPSA) is 32.3 Å². The number of hydrogen-bond donors (Lipinski definition) is 1. The predicted molar refractivity (Wildman–Crippen MR) is 72.4 cm³/mol. The molecular weight excluding hydrogens is 236 g/mol. The number of halogens is 1. The van der Waals surface area contributed by atoms with Crippen molar-refractivity contribution in [1.29, 1.82) is 0 Å². The second kappa shape index (κ2) is 5.57. The van der Waals surface area contributed by atoms with Crippen LogP contribution in [0.15, 0.2) is 0 Å². The highest BCUT2D eigenvalue weighted by Gasteiger charge is 2.52. The smallest absolute Gasteiger partial charge is 0.226 e. The molecule has 1 amide bonds. The molecule has 4 heteroatoms. The summed E-state index contributed by atoms with van der Waals surface area (Å²) in [6.45, 7) is 7.43. The molecule has 0 aromatic carbocycles. The lowest BCUT2D eigenvalue weighted by molar-refractivity contribution is -0.134. The molecule has 1 N–H and O–H groups in total. The number of rotatable bonds is 3. The average molecular weight is 261 g/mol. The van der Waals surface area contributed by atoms with E-state index in [0.29, 0.717) is 11.8 Å². The number of hydrogen-bond acceptors (Lipinski definition) is 2. The highest BCUT2D eigenvalue weighted by Crippen LogP contribution is 2.52. The van der Waals surface area contributed by atoms with Crippen LogP contribution in [-0.4, -0.2) is 37.5 Å². The van der Waals surface area contributed by atoms with Crippen LogP contribution in [0.4, 0.5) is 0 Å². The molecule has 1 atom stereocenters. The van der Waals surface area contributed by atoms with Gasteiger partial charge in [-0.1, -0.05) is 13.8 Å². The van der Waals surface area contributed by atoms with Gasteiger partial charge in [-0.3, -0.25) is 4.79 Å². The standard InChI is InChI=1S/C13H24N2O.ClH/c1-13(2)8-11(13)12(16)15-6-4-10(5-7-15)9-14-3;/h10-11,14H,4-9H2,1-3H3;1H. The lowest BCUT2D eigenvalue weighted by Crippen LogP contribution is -2.41. The van der Waals surface area contributed by atoms with Gasteiger partial charge >= 0.3 is 0 Å². The third-order valence-electron chi connectivity index (χ3n) is 4.23. The summed E-state index contributed by atoms with van der Waals surface area (Å²) in [5.74, 6) is 1.49. The highest BCUT2D eigenvalue weighted by molar-refractivity contribution is 5.85. The molecule has 2 rings (SSSR count). The molecule has 0 radical (unpaired) electrons. The van der Waals surface area contributed by atoms with E-state index in [9.17, 15) is 4.79 Å². The second-order valence-electron chi connectivity index (χ2n) is 6.07. The van der Waals surface area contributed by atoms with Crippen LogP contribution < -0.4 is 5.32 Å².